The highest BCUT2D eigenvalue weighted by Crippen LogP contribution is 2.39. The zero-order valence-corrected chi connectivity index (χ0v) is 30.3. The van der Waals surface area contributed by atoms with Crippen LogP contribution in [-0.4, -0.2) is 58.6 Å². The van der Waals surface area contributed by atoms with Crippen molar-refractivity contribution in [3.05, 3.63) is 84.2 Å². The predicted octanol–water partition coefficient (Wildman–Crippen LogP) is 8.70. The number of amides is 2. The third kappa shape index (κ3) is 8.71. The van der Waals surface area contributed by atoms with E-state index in [1.165, 1.54) is 0 Å². The van der Waals surface area contributed by atoms with Gasteiger partial charge in [0.25, 0.3) is 0 Å². The van der Waals surface area contributed by atoms with Gasteiger partial charge in [-0.1, -0.05) is 49.1 Å². The number of para-hydroxylation sites is 1. The molecule has 0 radical (unpaired) electrons. The fraction of sp³-hybridized carbons (Fsp3) is 0.351. The minimum atomic E-state index is -1.28. The van der Waals surface area contributed by atoms with E-state index in [9.17, 15) is 9.59 Å². The Morgan fingerprint density at radius 3 is 2.56 bits per heavy atom. The molecule has 13 heteroatoms. The first-order chi connectivity index (χ1) is 23.8. The van der Waals surface area contributed by atoms with Crippen LogP contribution in [0.2, 0.25) is 25.7 Å². The van der Waals surface area contributed by atoms with Crippen LogP contribution >= 0.6 is 0 Å². The molecule has 2 amide bonds. The Bertz CT molecular complexity index is 1980. The Morgan fingerprint density at radius 1 is 1.00 bits per heavy atom. The van der Waals surface area contributed by atoms with E-state index in [1.807, 2.05) is 55.8 Å². The van der Waals surface area contributed by atoms with E-state index in [0.717, 1.165) is 23.6 Å². The number of benzene rings is 2. The maximum Gasteiger partial charge on any atom is 0.418 e. The van der Waals surface area contributed by atoms with Gasteiger partial charge in [0.15, 0.2) is 11.6 Å². The molecule has 0 aliphatic carbocycles. The number of ether oxygens (including phenoxy) is 4. The van der Waals surface area contributed by atoms with Gasteiger partial charge >= 0.3 is 12.2 Å². The van der Waals surface area contributed by atoms with Crippen LogP contribution in [0.3, 0.4) is 0 Å². The molecule has 3 aromatic heterocycles. The SMILES string of the molecule is CC(C)(C)OC(=O)N1CCc2ccc(Oc3ccnc4c3c(-c3cc(NC(=O)Oc5ccccc5)no3)cn4COCC[Si](C)(C)C)cc2C1. The van der Waals surface area contributed by atoms with E-state index in [1.54, 1.807) is 47.5 Å². The number of hydrogen-bond donors (Lipinski definition) is 1. The molecule has 0 spiro atoms. The third-order valence-electron chi connectivity index (χ3n) is 7.97. The second kappa shape index (κ2) is 14.4. The van der Waals surface area contributed by atoms with E-state index in [2.05, 4.69) is 35.1 Å². The van der Waals surface area contributed by atoms with Gasteiger partial charge < -0.3 is 32.9 Å². The number of anilines is 1. The van der Waals surface area contributed by atoms with Gasteiger partial charge in [-0.15, -0.1) is 0 Å². The molecule has 0 saturated heterocycles. The molecule has 0 fully saturated rings. The molecule has 5 aromatic rings. The Hall–Kier alpha value is -5.14. The normalized spacial score (nSPS) is 13.2. The molecule has 262 valence electrons. The number of nitrogens with one attached hydrogen (secondary N) is 1. The highest BCUT2D eigenvalue weighted by molar-refractivity contribution is 6.76. The fourth-order valence-corrected chi connectivity index (χ4v) is 6.25. The summed E-state index contributed by atoms with van der Waals surface area (Å²) in [6.45, 7) is 14.4. The molecule has 0 saturated carbocycles. The topological polar surface area (TPSA) is 130 Å². The molecule has 0 bridgehead atoms. The summed E-state index contributed by atoms with van der Waals surface area (Å²) in [5, 5.41) is 7.38. The van der Waals surface area contributed by atoms with Crippen LogP contribution in [0.25, 0.3) is 22.4 Å². The van der Waals surface area contributed by atoms with Crippen molar-refractivity contribution in [2.45, 2.75) is 71.8 Å². The number of rotatable bonds is 10. The summed E-state index contributed by atoms with van der Waals surface area (Å²) < 4.78 is 31.3. The summed E-state index contributed by atoms with van der Waals surface area (Å²) in [5.74, 6) is 2.13. The van der Waals surface area contributed by atoms with Gasteiger partial charge in [0.2, 0.25) is 0 Å². The maximum atomic E-state index is 12.8. The van der Waals surface area contributed by atoms with Crippen LogP contribution in [0.4, 0.5) is 15.4 Å². The number of hydrogen-bond acceptors (Lipinski definition) is 9. The summed E-state index contributed by atoms with van der Waals surface area (Å²) in [7, 11) is -1.28. The van der Waals surface area contributed by atoms with Crippen LogP contribution in [0.5, 0.6) is 17.2 Å². The van der Waals surface area contributed by atoms with Crippen molar-refractivity contribution in [3.8, 4) is 28.6 Å². The van der Waals surface area contributed by atoms with Gasteiger partial charge in [0.05, 0.1) is 10.9 Å². The lowest BCUT2D eigenvalue weighted by molar-refractivity contribution is 0.0223. The average Bonchev–Trinajstić information content (AvgIpc) is 3.67. The van der Waals surface area contributed by atoms with Gasteiger partial charge in [-0.2, -0.15) is 0 Å². The second-order valence-corrected chi connectivity index (χ2v) is 20.1. The number of aromatic nitrogens is 3. The molecule has 1 N–H and O–H groups in total. The Morgan fingerprint density at radius 2 is 1.80 bits per heavy atom. The van der Waals surface area contributed by atoms with Crippen molar-refractivity contribution in [1.29, 1.82) is 0 Å². The molecule has 0 unspecified atom stereocenters. The number of pyridine rings is 1. The summed E-state index contributed by atoms with van der Waals surface area (Å²) >= 11 is 0. The van der Waals surface area contributed by atoms with Crippen LogP contribution in [0.15, 0.2) is 77.6 Å². The average molecular weight is 698 g/mol. The lowest BCUT2D eigenvalue weighted by atomic mass is 10.00. The van der Waals surface area contributed by atoms with E-state index in [0.29, 0.717) is 59.3 Å². The van der Waals surface area contributed by atoms with Crippen LogP contribution < -0.4 is 14.8 Å². The van der Waals surface area contributed by atoms with Crippen LogP contribution in [0.1, 0.15) is 31.9 Å². The minimum Gasteiger partial charge on any atom is -0.457 e. The summed E-state index contributed by atoms with van der Waals surface area (Å²) in [6.07, 6.45) is 3.27. The molecular formula is C37H43N5O7Si. The second-order valence-electron chi connectivity index (χ2n) is 14.5. The van der Waals surface area contributed by atoms with Crippen molar-refractivity contribution in [1.82, 2.24) is 19.6 Å². The third-order valence-corrected chi connectivity index (χ3v) is 9.68. The standard InChI is InChI=1S/C37H43N5O7Si/c1-37(2,3)48-36(44)41-17-15-25-12-13-28(20-26(25)22-41)46-30-14-16-38-34-33(30)29(23-42(34)24-45-18-19-50(4,5)6)31-21-32(40-49-31)39-35(43)47-27-10-8-7-9-11-27/h7-14,16,20-21,23H,15,17-19,22,24H2,1-6H3,(H,39,40,43). The number of carbonyl (C=O) groups is 2. The quantitative estimate of drug-likeness (QED) is 0.112. The van der Waals surface area contributed by atoms with Crippen LogP contribution in [-0.2, 0) is 29.2 Å². The van der Waals surface area contributed by atoms with Crippen molar-refractivity contribution in [2.24, 2.45) is 0 Å². The van der Waals surface area contributed by atoms with E-state index >= 15 is 0 Å². The smallest absolute Gasteiger partial charge is 0.418 e. The Labute approximate surface area is 292 Å². The number of nitrogens with zero attached hydrogens (tertiary/aromatic N) is 4. The van der Waals surface area contributed by atoms with E-state index in [4.69, 9.17) is 23.5 Å². The maximum absolute atomic E-state index is 12.8. The molecule has 0 atom stereocenters. The zero-order valence-electron chi connectivity index (χ0n) is 29.3. The molecule has 2 aromatic carbocycles. The lowest BCUT2D eigenvalue weighted by Gasteiger charge is -2.31. The predicted molar refractivity (Wildman–Crippen MR) is 192 cm³/mol. The molecule has 12 nitrogen and oxygen atoms in total. The lowest BCUT2D eigenvalue weighted by Crippen LogP contribution is -2.39. The van der Waals surface area contributed by atoms with Gasteiger partial charge in [-0.25, -0.2) is 14.6 Å². The largest absolute Gasteiger partial charge is 0.457 e. The molecule has 1 aliphatic rings. The summed E-state index contributed by atoms with van der Waals surface area (Å²) in [4.78, 5) is 31.8. The van der Waals surface area contributed by atoms with E-state index < -0.39 is 19.8 Å². The monoisotopic (exact) mass is 697 g/mol. The van der Waals surface area contributed by atoms with Crippen molar-refractivity contribution >= 4 is 37.1 Å². The van der Waals surface area contributed by atoms with Crippen LogP contribution in [0, 0.1) is 0 Å². The zero-order chi connectivity index (χ0) is 35.5. The number of fused-ring (bicyclic) bond motifs is 2. The van der Waals surface area contributed by atoms with Gasteiger partial charge in [-0.05, 0) is 74.7 Å². The Balaban J connectivity index is 1.28. The van der Waals surface area contributed by atoms with E-state index in [-0.39, 0.29) is 18.6 Å². The first-order valence-electron chi connectivity index (χ1n) is 16.7. The van der Waals surface area contributed by atoms with Crippen molar-refractivity contribution in [3.63, 3.8) is 0 Å². The highest BCUT2D eigenvalue weighted by atomic mass is 28.3. The van der Waals surface area contributed by atoms with Crippen molar-refractivity contribution in [2.75, 3.05) is 18.5 Å². The Kier molecular flexibility index (Phi) is 9.98. The summed E-state index contributed by atoms with van der Waals surface area (Å²) in [5.41, 5.74) is 2.87. The summed E-state index contributed by atoms with van der Waals surface area (Å²) in [6, 6.07) is 19.1. The van der Waals surface area contributed by atoms with Crippen molar-refractivity contribution < 1.29 is 33.1 Å². The van der Waals surface area contributed by atoms with Gasteiger partial charge in [0.1, 0.15) is 35.2 Å². The van der Waals surface area contributed by atoms with Gasteiger partial charge in [-0.3, -0.25) is 5.32 Å². The fourth-order valence-electron chi connectivity index (χ4n) is 5.49. The molecule has 6 rings (SSSR count). The highest BCUT2D eigenvalue weighted by Gasteiger charge is 2.27. The number of carbonyl (C=O) groups excluding carboxylic acids is 2. The molecule has 1 aliphatic heterocycles. The first kappa shape index (κ1) is 34.7. The molecule has 50 heavy (non-hydrogen) atoms. The molecule has 4 heterocycles. The molecular weight excluding hydrogens is 655 g/mol. The first-order valence-corrected chi connectivity index (χ1v) is 20.4. The van der Waals surface area contributed by atoms with Gasteiger partial charge in [0, 0.05) is 46.2 Å². The minimum absolute atomic E-state index is 0.184.